The third-order valence-electron chi connectivity index (χ3n) is 4.07. The average molecular weight is 355 g/mol. The molecule has 1 atom stereocenters. The summed E-state index contributed by atoms with van der Waals surface area (Å²) in [4.78, 5) is 26.1. The van der Waals surface area contributed by atoms with Crippen LogP contribution in [0.4, 0.5) is 0 Å². The highest BCUT2D eigenvalue weighted by Crippen LogP contribution is 2.32. The SMILES string of the molecule is CN(C)C(=O)C(OC(=O)CCc1ccc2c(c1)OCO2)c1ccccc1. The van der Waals surface area contributed by atoms with Crippen LogP contribution >= 0.6 is 0 Å². The summed E-state index contributed by atoms with van der Waals surface area (Å²) in [5, 5.41) is 0. The third kappa shape index (κ3) is 4.14. The van der Waals surface area contributed by atoms with Gasteiger partial charge in [-0.2, -0.15) is 0 Å². The van der Waals surface area contributed by atoms with Gasteiger partial charge in [0.25, 0.3) is 5.91 Å². The number of rotatable bonds is 6. The first-order valence-electron chi connectivity index (χ1n) is 8.38. The number of amides is 1. The predicted molar refractivity (Wildman–Crippen MR) is 94.9 cm³/mol. The molecule has 1 aliphatic heterocycles. The van der Waals surface area contributed by atoms with Crippen LogP contribution in [0, 0.1) is 0 Å². The molecule has 0 bridgehead atoms. The minimum atomic E-state index is -0.935. The van der Waals surface area contributed by atoms with Crippen molar-refractivity contribution in [2.75, 3.05) is 20.9 Å². The minimum Gasteiger partial charge on any atom is -0.454 e. The Morgan fingerprint density at radius 1 is 1.08 bits per heavy atom. The molecular formula is C20H21NO5. The molecule has 1 amide bonds. The van der Waals surface area contributed by atoms with Gasteiger partial charge in [-0.05, 0) is 24.1 Å². The Morgan fingerprint density at radius 2 is 1.81 bits per heavy atom. The topological polar surface area (TPSA) is 65.1 Å². The maximum Gasteiger partial charge on any atom is 0.307 e. The Kier molecular flexibility index (Phi) is 5.41. The van der Waals surface area contributed by atoms with Crippen molar-refractivity contribution in [1.29, 1.82) is 0 Å². The fourth-order valence-corrected chi connectivity index (χ4v) is 2.66. The number of carbonyl (C=O) groups excluding carboxylic acids is 2. The number of carbonyl (C=O) groups is 2. The van der Waals surface area contributed by atoms with Crippen molar-refractivity contribution in [2.45, 2.75) is 18.9 Å². The molecule has 6 nitrogen and oxygen atoms in total. The molecule has 3 rings (SSSR count). The Morgan fingerprint density at radius 3 is 2.54 bits per heavy atom. The number of fused-ring (bicyclic) bond motifs is 1. The second-order valence-corrected chi connectivity index (χ2v) is 6.20. The first-order chi connectivity index (χ1) is 12.5. The van der Waals surface area contributed by atoms with Gasteiger partial charge < -0.3 is 19.1 Å². The van der Waals surface area contributed by atoms with E-state index in [0.29, 0.717) is 23.5 Å². The molecule has 136 valence electrons. The lowest BCUT2D eigenvalue weighted by Crippen LogP contribution is -2.31. The van der Waals surface area contributed by atoms with Gasteiger partial charge in [0.15, 0.2) is 11.5 Å². The highest BCUT2D eigenvalue weighted by Gasteiger charge is 2.26. The number of nitrogens with zero attached hydrogens (tertiary/aromatic N) is 1. The molecule has 0 spiro atoms. The fraction of sp³-hybridized carbons (Fsp3) is 0.300. The van der Waals surface area contributed by atoms with E-state index < -0.39 is 12.1 Å². The molecule has 6 heteroatoms. The Bertz CT molecular complexity index is 788. The minimum absolute atomic E-state index is 0.170. The van der Waals surface area contributed by atoms with Crippen LogP contribution in [0.3, 0.4) is 0 Å². The molecule has 2 aromatic carbocycles. The van der Waals surface area contributed by atoms with Crippen LogP contribution in [0.5, 0.6) is 11.5 Å². The number of benzene rings is 2. The van der Waals surface area contributed by atoms with Crippen molar-refractivity contribution >= 4 is 11.9 Å². The Labute approximate surface area is 152 Å². The highest BCUT2D eigenvalue weighted by molar-refractivity contribution is 5.84. The zero-order valence-electron chi connectivity index (χ0n) is 14.8. The van der Waals surface area contributed by atoms with Crippen LogP contribution in [0.1, 0.15) is 23.7 Å². The zero-order chi connectivity index (χ0) is 18.5. The summed E-state index contributed by atoms with van der Waals surface area (Å²) < 4.78 is 16.1. The van der Waals surface area contributed by atoms with Gasteiger partial charge in [0.1, 0.15) is 0 Å². The zero-order valence-corrected chi connectivity index (χ0v) is 14.8. The molecule has 0 saturated carbocycles. The lowest BCUT2D eigenvalue weighted by atomic mass is 10.1. The number of esters is 1. The normalized spacial score (nSPS) is 13.2. The van der Waals surface area contributed by atoms with Crippen molar-refractivity contribution in [2.24, 2.45) is 0 Å². The lowest BCUT2D eigenvalue weighted by molar-refractivity contribution is -0.159. The van der Waals surface area contributed by atoms with Gasteiger partial charge >= 0.3 is 5.97 Å². The summed E-state index contributed by atoms with van der Waals surface area (Å²) in [7, 11) is 3.28. The van der Waals surface area contributed by atoms with Crippen molar-refractivity contribution in [3.8, 4) is 11.5 Å². The highest BCUT2D eigenvalue weighted by atomic mass is 16.7. The number of hydrogen-bond acceptors (Lipinski definition) is 5. The van der Waals surface area contributed by atoms with Crippen molar-refractivity contribution in [1.82, 2.24) is 4.90 Å². The van der Waals surface area contributed by atoms with Gasteiger partial charge in [0.05, 0.1) is 0 Å². The average Bonchev–Trinajstić information content (AvgIpc) is 3.12. The molecule has 1 unspecified atom stereocenters. The molecule has 1 heterocycles. The molecule has 2 aromatic rings. The lowest BCUT2D eigenvalue weighted by Gasteiger charge is -2.21. The van der Waals surface area contributed by atoms with Gasteiger partial charge in [-0.3, -0.25) is 9.59 Å². The van der Waals surface area contributed by atoms with E-state index in [-0.39, 0.29) is 19.1 Å². The van der Waals surface area contributed by atoms with E-state index >= 15 is 0 Å². The molecule has 0 aromatic heterocycles. The van der Waals surface area contributed by atoms with E-state index in [1.807, 2.05) is 36.4 Å². The first kappa shape index (κ1) is 17.8. The Balaban J connectivity index is 1.63. The standard InChI is InChI=1S/C20H21NO5/c1-21(2)20(23)19(15-6-4-3-5-7-15)26-18(22)11-9-14-8-10-16-17(12-14)25-13-24-16/h3-8,10,12,19H,9,11,13H2,1-2H3. The van der Waals surface area contributed by atoms with Crippen molar-refractivity contribution in [3.63, 3.8) is 0 Å². The first-order valence-corrected chi connectivity index (χ1v) is 8.38. The van der Waals surface area contributed by atoms with E-state index in [2.05, 4.69) is 0 Å². The second-order valence-electron chi connectivity index (χ2n) is 6.20. The summed E-state index contributed by atoms with van der Waals surface area (Å²) in [5.41, 5.74) is 1.60. The smallest absolute Gasteiger partial charge is 0.307 e. The molecule has 0 saturated heterocycles. The molecule has 0 fully saturated rings. The van der Waals surface area contributed by atoms with Gasteiger partial charge in [0.2, 0.25) is 12.9 Å². The maximum absolute atomic E-state index is 12.4. The fourth-order valence-electron chi connectivity index (χ4n) is 2.66. The third-order valence-corrected chi connectivity index (χ3v) is 4.07. The Hall–Kier alpha value is -3.02. The summed E-state index contributed by atoms with van der Waals surface area (Å²) in [6, 6.07) is 14.6. The van der Waals surface area contributed by atoms with E-state index in [1.165, 1.54) is 4.90 Å². The summed E-state index contributed by atoms with van der Waals surface area (Å²) in [6.07, 6.45) is -0.271. The second kappa shape index (κ2) is 7.91. The van der Waals surface area contributed by atoms with Crippen LogP contribution in [0.15, 0.2) is 48.5 Å². The summed E-state index contributed by atoms with van der Waals surface area (Å²) in [6.45, 7) is 0.215. The number of likely N-dealkylation sites (N-methyl/N-ethyl adjacent to an activating group) is 1. The van der Waals surface area contributed by atoms with Gasteiger partial charge in [-0.1, -0.05) is 36.4 Å². The molecule has 0 N–H and O–H groups in total. The number of hydrogen-bond donors (Lipinski definition) is 0. The quantitative estimate of drug-likeness (QED) is 0.746. The number of ether oxygens (including phenoxy) is 3. The molecule has 1 aliphatic rings. The molecular weight excluding hydrogens is 334 g/mol. The van der Waals surface area contributed by atoms with Crippen molar-refractivity contribution in [3.05, 3.63) is 59.7 Å². The van der Waals surface area contributed by atoms with Crippen LogP contribution in [-0.4, -0.2) is 37.7 Å². The maximum atomic E-state index is 12.4. The van der Waals surface area contributed by atoms with Crippen molar-refractivity contribution < 1.29 is 23.8 Å². The molecule has 0 aliphatic carbocycles. The molecule has 26 heavy (non-hydrogen) atoms. The van der Waals surface area contributed by atoms with E-state index in [1.54, 1.807) is 26.2 Å². The van der Waals surface area contributed by atoms with Crippen LogP contribution in [0.25, 0.3) is 0 Å². The number of aryl methyl sites for hydroxylation is 1. The molecule has 0 radical (unpaired) electrons. The van der Waals surface area contributed by atoms with Gasteiger partial charge in [-0.15, -0.1) is 0 Å². The largest absolute Gasteiger partial charge is 0.454 e. The van der Waals surface area contributed by atoms with Crippen LogP contribution in [-0.2, 0) is 20.7 Å². The van der Waals surface area contributed by atoms with E-state index in [9.17, 15) is 9.59 Å². The van der Waals surface area contributed by atoms with E-state index in [4.69, 9.17) is 14.2 Å². The predicted octanol–water partition coefficient (Wildman–Crippen LogP) is 2.72. The summed E-state index contributed by atoms with van der Waals surface area (Å²) in [5.74, 6) is 0.692. The van der Waals surface area contributed by atoms with Crippen LogP contribution < -0.4 is 9.47 Å². The van der Waals surface area contributed by atoms with Crippen LogP contribution in [0.2, 0.25) is 0 Å². The van der Waals surface area contributed by atoms with Gasteiger partial charge in [0, 0.05) is 26.1 Å². The van der Waals surface area contributed by atoms with E-state index in [0.717, 1.165) is 5.56 Å². The monoisotopic (exact) mass is 355 g/mol. The van der Waals surface area contributed by atoms with Gasteiger partial charge in [-0.25, -0.2) is 0 Å². The summed E-state index contributed by atoms with van der Waals surface area (Å²) >= 11 is 0.